The molecule has 9 heteroatoms. The summed E-state index contributed by atoms with van der Waals surface area (Å²) in [6, 6.07) is 5.71. The van der Waals surface area contributed by atoms with Crippen molar-refractivity contribution in [3.05, 3.63) is 51.1 Å². The summed E-state index contributed by atoms with van der Waals surface area (Å²) in [5.41, 5.74) is 0.415. The molecule has 0 amide bonds. The van der Waals surface area contributed by atoms with Gasteiger partial charge in [-0.2, -0.15) is 0 Å². The Bertz CT molecular complexity index is 792. The molecule has 2 N–H and O–H groups in total. The third-order valence-electron chi connectivity index (χ3n) is 2.89. The van der Waals surface area contributed by atoms with Crippen molar-refractivity contribution in [2.45, 2.75) is 12.2 Å². The van der Waals surface area contributed by atoms with E-state index in [1.807, 2.05) is 0 Å². The Balaban J connectivity index is 2.33. The van der Waals surface area contributed by atoms with E-state index in [2.05, 4.69) is 9.71 Å². The van der Waals surface area contributed by atoms with E-state index in [0.29, 0.717) is 15.6 Å². The van der Waals surface area contributed by atoms with Gasteiger partial charge in [0, 0.05) is 22.3 Å². The van der Waals surface area contributed by atoms with Crippen LogP contribution in [0.1, 0.15) is 17.7 Å². The maximum absolute atomic E-state index is 12.4. The van der Waals surface area contributed by atoms with Crippen LogP contribution < -0.4 is 4.72 Å². The predicted molar refractivity (Wildman–Crippen MR) is 88.3 cm³/mol. The van der Waals surface area contributed by atoms with Gasteiger partial charge in [0.2, 0.25) is 10.0 Å². The molecule has 0 unspecified atom stereocenters. The number of aromatic hydroxyl groups is 1. The molecule has 0 aliphatic carbocycles. The van der Waals surface area contributed by atoms with Crippen LogP contribution in [0.25, 0.3) is 0 Å². The van der Waals surface area contributed by atoms with Crippen LogP contribution in [-0.4, -0.2) is 18.5 Å². The van der Waals surface area contributed by atoms with Crippen molar-refractivity contribution in [3.8, 4) is 5.75 Å². The molecule has 1 aromatic heterocycles. The van der Waals surface area contributed by atoms with Gasteiger partial charge in [0.15, 0.2) is 11.6 Å². The Morgan fingerprint density at radius 3 is 2.23 bits per heavy atom. The van der Waals surface area contributed by atoms with Crippen LogP contribution in [0.5, 0.6) is 5.75 Å². The Labute approximate surface area is 142 Å². The first-order valence-corrected chi connectivity index (χ1v) is 8.69. The number of anilines is 1. The van der Waals surface area contributed by atoms with Crippen molar-refractivity contribution in [1.82, 2.24) is 4.98 Å². The fourth-order valence-corrected chi connectivity index (χ4v) is 3.51. The Kier molecular flexibility index (Phi) is 5.07. The van der Waals surface area contributed by atoms with Crippen molar-refractivity contribution >= 4 is 50.6 Å². The molecule has 118 valence electrons. The number of nitrogens with zero attached hydrogens (tertiary/aromatic N) is 1. The molecule has 22 heavy (non-hydrogen) atoms. The maximum atomic E-state index is 12.4. The van der Waals surface area contributed by atoms with Crippen molar-refractivity contribution < 1.29 is 13.5 Å². The van der Waals surface area contributed by atoms with Gasteiger partial charge in [0.25, 0.3) is 0 Å². The number of pyridine rings is 1. The Morgan fingerprint density at radius 1 is 1.09 bits per heavy atom. The fraction of sp³-hybridized carbons (Fsp3) is 0.154. The molecular weight excluding hydrogens is 371 g/mol. The van der Waals surface area contributed by atoms with Crippen LogP contribution >= 0.6 is 34.8 Å². The number of benzene rings is 1. The molecule has 0 fully saturated rings. The van der Waals surface area contributed by atoms with E-state index in [1.54, 1.807) is 0 Å². The highest BCUT2D eigenvalue weighted by molar-refractivity contribution is 7.92. The molecule has 0 radical (unpaired) electrons. The van der Waals surface area contributed by atoms with Gasteiger partial charge in [-0.25, -0.2) is 13.4 Å². The first-order chi connectivity index (χ1) is 10.2. The second-order valence-electron chi connectivity index (χ2n) is 4.51. The number of halogens is 3. The molecule has 2 rings (SSSR count). The first kappa shape index (κ1) is 17.1. The molecule has 0 saturated carbocycles. The van der Waals surface area contributed by atoms with Crippen molar-refractivity contribution in [2.24, 2.45) is 0 Å². The van der Waals surface area contributed by atoms with Gasteiger partial charge in [0.05, 0.1) is 5.02 Å². The van der Waals surface area contributed by atoms with Gasteiger partial charge in [-0.3, -0.25) is 4.72 Å². The van der Waals surface area contributed by atoms with E-state index in [4.69, 9.17) is 34.8 Å². The summed E-state index contributed by atoms with van der Waals surface area (Å²) in [5.74, 6) is -0.572. The minimum atomic E-state index is -3.87. The van der Waals surface area contributed by atoms with Crippen LogP contribution in [0, 0.1) is 0 Å². The molecule has 0 bridgehead atoms. The van der Waals surface area contributed by atoms with E-state index in [1.165, 1.54) is 37.4 Å². The average Bonchev–Trinajstić information content (AvgIpc) is 2.40. The van der Waals surface area contributed by atoms with Crippen LogP contribution in [0.2, 0.25) is 15.1 Å². The zero-order valence-electron chi connectivity index (χ0n) is 11.2. The highest BCUT2D eigenvalue weighted by atomic mass is 35.5. The van der Waals surface area contributed by atoms with E-state index in [0.717, 1.165) is 0 Å². The SMILES string of the molecule is C[C@@H](c1cc(Cl)cc(Cl)c1)S(=O)(=O)Nc1ncc(Cl)cc1O. The van der Waals surface area contributed by atoms with E-state index >= 15 is 0 Å². The monoisotopic (exact) mass is 380 g/mol. The van der Waals surface area contributed by atoms with E-state index < -0.39 is 15.3 Å². The second-order valence-corrected chi connectivity index (χ2v) is 7.82. The van der Waals surface area contributed by atoms with Gasteiger partial charge >= 0.3 is 0 Å². The molecule has 2 aromatic rings. The fourth-order valence-electron chi connectivity index (χ4n) is 1.72. The van der Waals surface area contributed by atoms with Gasteiger partial charge in [0.1, 0.15) is 5.25 Å². The lowest BCUT2D eigenvalue weighted by atomic mass is 10.2. The summed E-state index contributed by atoms with van der Waals surface area (Å²) >= 11 is 17.4. The van der Waals surface area contributed by atoms with Crippen LogP contribution in [0.3, 0.4) is 0 Å². The summed E-state index contributed by atoms with van der Waals surface area (Å²) in [6.45, 7) is 1.47. The molecular formula is C13H11Cl3N2O3S. The van der Waals surface area contributed by atoms with Crippen molar-refractivity contribution in [1.29, 1.82) is 0 Å². The van der Waals surface area contributed by atoms with Crippen molar-refractivity contribution in [2.75, 3.05) is 4.72 Å². The number of hydrogen-bond acceptors (Lipinski definition) is 4. The average molecular weight is 382 g/mol. The Morgan fingerprint density at radius 2 is 1.68 bits per heavy atom. The summed E-state index contributed by atoms with van der Waals surface area (Å²) in [5, 5.41) is 9.57. The molecule has 1 heterocycles. The molecule has 0 saturated heterocycles. The van der Waals surface area contributed by atoms with Gasteiger partial charge < -0.3 is 5.11 Å². The van der Waals surface area contributed by atoms with E-state index in [-0.39, 0.29) is 16.6 Å². The number of hydrogen-bond donors (Lipinski definition) is 2. The summed E-state index contributed by atoms with van der Waals surface area (Å²) < 4.78 is 27.0. The minimum absolute atomic E-state index is 0.190. The summed E-state index contributed by atoms with van der Waals surface area (Å²) in [6.07, 6.45) is 1.22. The lowest BCUT2D eigenvalue weighted by Gasteiger charge is -2.16. The van der Waals surface area contributed by atoms with Crippen LogP contribution in [0.15, 0.2) is 30.5 Å². The lowest BCUT2D eigenvalue weighted by Crippen LogP contribution is -2.20. The molecule has 1 atom stereocenters. The van der Waals surface area contributed by atoms with Crippen LogP contribution in [0.4, 0.5) is 5.82 Å². The smallest absolute Gasteiger partial charge is 0.240 e. The first-order valence-electron chi connectivity index (χ1n) is 6.01. The molecule has 0 spiro atoms. The van der Waals surface area contributed by atoms with Crippen LogP contribution in [-0.2, 0) is 10.0 Å². The number of sulfonamides is 1. The molecule has 1 aromatic carbocycles. The lowest BCUT2D eigenvalue weighted by molar-refractivity contribution is 0.475. The zero-order chi connectivity index (χ0) is 16.5. The van der Waals surface area contributed by atoms with Gasteiger partial charge in [-0.15, -0.1) is 0 Å². The third kappa shape index (κ3) is 3.95. The van der Waals surface area contributed by atoms with Crippen molar-refractivity contribution in [3.63, 3.8) is 0 Å². The van der Waals surface area contributed by atoms with Gasteiger partial charge in [-0.05, 0) is 30.7 Å². The number of rotatable bonds is 4. The van der Waals surface area contributed by atoms with E-state index in [9.17, 15) is 13.5 Å². The molecule has 0 aliphatic rings. The predicted octanol–water partition coefficient (Wildman–Crippen LogP) is 4.25. The standard InChI is InChI=1S/C13H11Cl3N2O3S/c1-7(8-2-9(14)4-10(15)3-8)22(20,21)18-13-12(19)5-11(16)6-17-13/h2-7,19H,1H3,(H,17,18)/t7-/m0/s1. The number of nitrogens with one attached hydrogen (secondary N) is 1. The quantitative estimate of drug-likeness (QED) is 0.829. The van der Waals surface area contributed by atoms with Gasteiger partial charge in [-0.1, -0.05) is 34.8 Å². The second kappa shape index (κ2) is 6.50. The maximum Gasteiger partial charge on any atom is 0.240 e. The normalized spacial score (nSPS) is 12.9. The highest BCUT2D eigenvalue weighted by Gasteiger charge is 2.25. The highest BCUT2D eigenvalue weighted by Crippen LogP contribution is 2.31. The topological polar surface area (TPSA) is 79.3 Å². The Hall–Kier alpha value is -1.21. The largest absolute Gasteiger partial charge is 0.504 e. The molecule has 5 nitrogen and oxygen atoms in total. The number of aromatic nitrogens is 1. The third-order valence-corrected chi connectivity index (χ3v) is 5.22. The minimum Gasteiger partial charge on any atom is -0.504 e. The zero-order valence-corrected chi connectivity index (χ0v) is 14.3. The summed E-state index contributed by atoms with van der Waals surface area (Å²) in [4.78, 5) is 3.75. The summed E-state index contributed by atoms with van der Waals surface area (Å²) in [7, 11) is -3.87. The molecule has 0 aliphatic heterocycles.